The first kappa shape index (κ1) is 16.1. The van der Waals surface area contributed by atoms with Crippen LogP contribution in [0.25, 0.3) is 0 Å². The molecule has 6 nitrogen and oxygen atoms in total. The maximum atomic E-state index is 13.1. The molecule has 3 fully saturated rings. The molecule has 0 unspecified atom stereocenters. The van der Waals surface area contributed by atoms with Gasteiger partial charge in [-0.05, 0) is 38.3 Å². The zero-order valence-corrected chi connectivity index (χ0v) is 14.4. The molecule has 0 spiro atoms. The van der Waals surface area contributed by atoms with E-state index in [1.165, 1.54) is 4.90 Å². The van der Waals surface area contributed by atoms with Crippen molar-refractivity contribution < 1.29 is 14.4 Å². The molecule has 2 heterocycles. The second kappa shape index (κ2) is 6.17. The Morgan fingerprint density at radius 2 is 1.76 bits per heavy atom. The summed E-state index contributed by atoms with van der Waals surface area (Å²) in [4.78, 5) is 41.3. The van der Waals surface area contributed by atoms with E-state index in [1.807, 2.05) is 19.1 Å². The predicted molar refractivity (Wildman–Crippen MR) is 93.1 cm³/mol. The van der Waals surface area contributed by atoms with Gasteiger partial charge in [0.15, 0.2) is 0 Å². The van der Waals surface area contributed by atoms with Crippen LogP contribution in [0.4, 0.5) is 10.5 Å². The van der Waals surface area contributed by atoms with Crippen molar-refractivity contribution in [2.45, 2.75) is 51.1 Å². The average Bonchev–Trinajstić information content (AvgIpc) is 3.25. The summed E-state index contributed by atoms with van der Waals surface area (Å²) in [6.07, 6.45) is 4.63. The van der Waals surface area contributed by atoms with Gasteiger partial charge in [0.2, 0.25) is 5.91 Å². The third kappa shape index (κ3) is 2.69. The number of carbonyl (C=O) groups excluding carboxylic acids is 3. The molecule has 1 aromatic carbocycles. The highest BCUT2D eigenvalue weighted by molar-refractivity contribution is 6.19. The van der Waals surface area contributed by atoms with Crippen LogP contribution in [0.5, 0.6) is 0 Å². The van der Waals surface area contributed by atoms with Crippen LogP contribution >= 0.6 is 0 Å². The van der Waals surface area contributed by atoms with Crippen molar-refractivity contribution in [3.63, 3.8) is 0 Å². The number of anilines is 1. The Morgan fingerprint density at radius 3 is 2.44 bits per heavy atom. The normalized spacial score (nSPS) is 26.8. The molecule has 1 saturated carbocycles. The Hall–Kier alpha value is -2.37. The quantitative estimate of drug-likeness (QED) is 0.897. The van der Waals surface area contributed by atoms with E-state index in [2.05, 4.69) is 5.32 Å². The zero-order chi connectivity index (χ0) is 17.6. The molecule has 0 aromatic heterocycles. The summed E-state index contributed by atoms with van der Waals surface area (Å²) in [5.41, 5.74) is 1.61. The Balaban J connectivity index is 1.61. The lowest BCUT2D eigenvalue weighted by Crippen LogP contribution is -2.65. The first-order chi connectivity index (χ1) is 12.1. The van der Waals surface area contributed by atoms with Crippen LogP contribution in [0.15, 0.2) is 24.3 Å². The molecule has 1 aliphatic carbocycles. The molecule has 132 valence electrons. The first-order valence-corrected chi connectivity index (χ1v) is 9.08. The second-order valence-electron chi connectivity index (χ2n) is 7.31. The number of nitrogens with one attached hydrogen (secondary N) is 1. The number of urea groups is 1. The molecule has 1 aromatic rings. The minimum absolute atomic E-state index is 0.0389. The molecule has 0 radical (unpaired) electrons. The fraction of sp³-hybridized carbons (Fsp3) is 0.526. The molecule has 4 rings (SSSR count). The van der Waals surface area contributed by atoms with Gasteiger partial charge in [-0.3, -0.25) is 9.59 Å². The highest BCUT2D eigenvalue weighted by atomic mass is 16.2. The summed E-state index contributed by atoms with van der Waals surface area (Å²) in [6, 6.07) is 6.04. The van der Waals surface area contributed by atoms with Crippen LogP contribution < -0.4 is 10.2 Å². The van der Waals surface area contributed by atoms with Crippen LogP contribution in [0.1, 0.15) is 37.7 Å². The van der Waals surface area contributed by atoms with Crippen LogP contribution in [0, 0.1) is 12.8 Å². The van der Waals surface area contributed by atoms with Gasteiger partial charge in [0.25, 0.3) is 5.91 Å². The third-order valence-electron chi connectivity index (χ3n) is 5.66. The maximum absolute atomic E-state index is 13.1. The van der Waals surface area contributed by atoms with Crippen molar-refractivity contribution in [3.8, 4) is 0 Å². The van der Waals surface area contributed by atoms with E-state index in [9.17, 15) is 14.4 Å². The SMILES string of the molecule is Cc1ccc(N2C(=O)N[C@@H]3CCN(C(=O)C4CCCC4)[C@H]3C2=O)cc1. The number of fused-ring (bicyclic) bond motifs is 1. The fourth-order valence-electron chi connectivity index (χ4n) is 4.30. The smallest absolute Gasteiger partial charge is 0.329 e. The Kier molecular flexibility index (Phi) is 3.98. The molecule has 1 N–H and O–H groups in total. The van der Waals surface area contributed by atoms with E-state index in [1.54, 1.807) is 17.0 Å². The van der Waals surface area contributed by atoms with Crippen molar-refractivity contribution >= 4 is 23.5 Å². The van der Waals surface area contributed by atoms with Crippen LogP contribution in [0.2, 0.25) is 0 Å². The highest BCUT2D eigenvalue weighted by Gasteiger charge is 2.50. The second-order valence-corrected chi connectivity index (χ2v) is 7.31. The molecular formula is C19H23N3O3. The van der Waals surface area contributed by atoms with E-state index < -0.39 is 12.1 Å². The summed E-state index contributed by atoms with van der Waals surface area (Å²) in [6.45, 7) is 2.50. The number of rotatable bonds is 2. The summed E-state index contributed by atoms with van der Waals surface area (Å²) in [7, 11) is 0. The molecule has 0 bridgehead atoms. The Bertz CT molecular complexity index is 709. The summed E-state index contributed by atoms with van der Waals surface area (Å²) in [5.74, 6) is -0.170. The number of benzene rings is 1. The molecule has 6 heteroatoms. The van der Waals surface area contributed by atoms with Gasteiger partial charge in [-0.1, -0.05) is 30.5 Å². The lowest BCUT2D eigenvalue weighted by Gasteiger charge is -2.37. The molecule has 25 heavy (non-hydrogen) atoms. The van der Waals surface area contributed by atoms with Gasteiger partial charge >= 0.3 is 6.03 Å². The van der Waals surface area contributed by atoms with Crippen LogP contribution in [0.3, 0.4) is 0 Å². The largest absolute Gasteiger partial charge is 0.332 e. The van der Waals surface area contributed by atoms with Crippen molar-refractivity contribution in [3.05, 3.63) is 29.8 Å². The lowest BCUT2D eigenvalue weighted by atomic mass is 10.0. The van der Waals surface area contributed by atoms with Gasteiger partial charge in [-0.15, -0.1) is 0 Å². The van der Waals surface area contributed by atoms with E-state index in [-0.39, 0.29) is 23.8 Å². The molecule has 2 atom stereocenters. The minimum atomic E-state index is -0.577. The number of imide groups is 1. The van der Waals surface area contributed by atoms with Crippen molar-refractivity contribution in [1.82, 2.24) is 10.2 Å². The van der Waals surface area contributed by atoms with Gasteiger partial charge in [0.1, 0.15) is 6.04 Å². The highest BCUT2D eigenvalue weighted by Crippen LogP contribution is 2.32. The van der Waals surface area contributed by atoms with Crippen LogP contribution in [-0.4, -0.2) is 41.4 Å². The first-order valence-electron chi connectivity index (χ1n) is 9.08. The predicted octanol–water partition coefficient (Wildman–Crippen LogP) is 2.21. The van der Waals surface area contributed by atoms with Gasteiger partial charge < -0.3 is 10.2 Å². The average molecular weight is 341 g/mol. The van der Waals surface area contributed by atoms with E-state index >= 15 is 0 Å². The zero-order valence-electron chi connectivity index (χ0n) is 14.4. The van der Waals surface area contributed by atoms with Crippen molar-refractivity contribution in [1.29, 1.82) is 0 Å². The van der Waals surface area contributed by atoms with Gasteiger partial charge in [-0.25, -0.2) is 9.69 Å². The monoisotopic (exact) mass is 341 g/mol. The minimum Gasteiger partial charge on any atom is -0.332 e. The van der Waals surface area contributed by atoms with Crippen LogP contribution in [-0.2, 0) is 9.59 Å². The summed E-state index contributed by atoms with van der Waals surface area (Å²) < 4.78 is 0. The summed E-state index contributed by atoms with van der Waals surface area (Å²) >= 11 is 0. The molecule has 2 saturated heterocycles. The number of amides is 4. The van der Waals surface area contributed by atoms with Crippen molar-refractivity contribution in [2.75, 3.05) is 11.4 Å². The molecule has 2 aliphatic heterocycles. The fourth-order valence-corrected chi connectivity index (χ4v) is 4.30. The Labute approximate surface area is 147 Å². The van der Waals surface area contributed by atoms with E-state index in [0.29, 0.717) is 18.7 Å². The number of likely N-dealkylation sites (tertiary alicyclic amines) is 1. The number of carbonyl (C=O) groups is 3. The van der Waals surface area contributed by atoms with E-state index in [4.69, 9.17) is 0 Å². The summed E-state index contributed by atoms with van der Waals surface area (Å²) in [5, 5.41) is 2.92. The third-order valence-corrected chi connectivity index (χ3v) is 5.66. The van der Waals surface area contributed by atoms with Crippen molar-refractivity contribution in [2.24, 2.45) is 5.92 Å². The van der Waals surface area contributed by atoms with Gasteiger partial charge in [0, 0.05) is 12.5 Å². The molecule has 3 aliphatic rings. The number of hydrogen-bond donors (Lipinski definition) is 1. The number of nitrogens with zero attached hydrogens (tertiary/aromatic N) is 2. The maximum Gasteiger partial charge on any atom is 0.329 e. The topological polar surface area (TPSA) is 69.7 Å². The van der Waals surface area contributed by atoms with Gasteiger partial charge in [0.05, 0.1) is 11.7 Å². The van der Waals surface area contributed by atoms with E-state index in [0.717, 1.165) is 31.2 Å². The standard InChI is InChI=1S/C19H23N3O3/c1-12-6-8-14(9-7-12)22-18(24)16-15(20-19(22)25)10-11-21(16)17(23)13-4-2-3-5-13/h6-9,13,15-16H,2-5,10-11H2,1H3,(H,20,25)/t15-,16-/m1/s1. The molecule has 4 amide bonds. The number of aryl methyl sites for hydroxylation is 1. The van der Waals surface area contributed by atoms with Gasteiger partial charge in [-0.2, -0.15) is 0 Å². The number of hydrogen-bond acceptors (Lipinski definition) is 3. The Morgan fingerprint density at radius 1 is 1.08 bits per heavy atom. The lowest BCUT2D eigenvalue weighted by molar-refractivity contribution is -0.141. The molecular weight excluding hydrogens is 318 g/mol.